The molecule has 162 valence electrons. The number of halogens is 2. The van der Waals surface area contributed by atoms with Crippen molar-refractivity contribution >= 4 is 5.91 Å². The highest BCUT2D eigenvalue weighted by molar-refractivity contribution is 5.84. The van der Waals surface area contributed by atoms with Crippen molar-refractivity contribution in [2.75, 3.05) is 26.7 Å². The molecule has 1 atom stereocenters. The smallest absolute Gasteiger partial charge is 0.261 e. The zero-order chi connectivity index (χ0) is 21.4. The highest BCUT2D eigenvalue weighted by atomic mass is 19.3. The number of nitrogens with zero attached hydrogens (tertiary/aromatic N) is 4. The highest BCUT2D eigenvalue weighted by Gasteiger charge is 2.55. The Morgan fingerprint density at radius 2 is 2.03 bits per heavy atom. The summed E-state index contributed by atoms with van der Waals surface area (Å²) in [6.45, 7) is 1.39. The Hall–Kier alpha value is -2.48. The Balaban J connectivity index is 1.53. The molecule has 6 nitrogen and oxygen atoms in total. The summed E-state index contributed by atoms with van der Waals surface area (Å²) in [4.78, 5) is 16.9. The lowest BCUT2D eigenvalue weighted by molar-refractivity contribution is -0.170. The van der Waals surface area contributed by atoms with Gasteiger partial charge in [-0.05, 0) is 30.5 Å². The molecule has 0 unspecified atom stereocenters. The van der Waals surface area contributed by atoms with Crippen LogP contribution in [0, 0.1) is 5.41 Å². The van der Waals surface area contributed by atoms with Gasteiger partial charge in [0.05, 0.1) is 25.3 Å². The van der Waals surface area contributed by atoms with Gasteiger partial charge in [0.1, 0.15) is 5.75 Å². The Bertz CT molecular complexity index is 916. The molecule has 0 bridgehead atoms. The first-order chi connectivity index (χ1) is 14.3. The minimum absolute atomic E-state index is 0.160. The van der Waals surface area contributed by atoms with Crippen LogP contribution in [0.25, 0.3) is 0 Å². The summed E-state index contributed by atoms with van der Waals surface area (Å²) in [7, 11) is 3.40. The van der Waals surface area contributed by atoms with Gasteiger partial charge in [-0.15, -0.1) is 0 Å². The predicted molar refractivity (Wildman–Crippen MR) is 108 cm³/mol. The van der Waals surface area contributed by atoms with Crippen LogP contribution in [0.2, 0.25) is 0 Å². The number of benzene rings is 1. The predicted octanol–water partition coefficient (Wildman–Crippen LogP) is 3.08. The van der Waals surface area contributed by atoms with E-state index in [9.17, 15) is 13.6 Å². The fourth-order valence-corrected chi connectivity index (χ4v) is 4.95. The number of alkyl halides is 2. The minimum atomic E-state index is -2.89. The monoisotopic (exact) mass is 418 g/mol. The van der Waals surface area contributed by atoms with Gasteiger partial charge < -0.3 is 9.64 Å². The van der Waals surface area contributed by atoms with Gasteiger partial charge in [-0.2, -0.15) is 5.10 Å². The number of aryl methyl sites for hydroxylation is 1. The molecule has 2 aromatic rings. The second kappa shape index (κ2) is 7.98. The van der Waals surface area contributed by atoms with Crippen LogP contribution < -0.4 is 4.74 Å². The number of rotatable bonds is 5. The van der Waals surface area contributed by atoms with Gasteiger partial charge in [0.15, 0.2) is 0 Å². The molecule has 2 aliphatic heterocycles. The van der Waals surface area contributed by atoms with E-state index in [2.05, 4.69) is 5.10 Å². The van der Waals surface area contributed by atoms with Crippen molar-refractivity contribution in [3.8, 4) is 5.75 Å². The van der Waals surface area contributed by atoms with E-state index in [0.29, 0.717) is 32.6 Å². The van der Waals surface area contributed by atoms with Crippen molar-refractivity contribution < 1.29 is 18.3 Å². The molecule has 0 aliphatic carbocycles. The van der Waals surface area contributed by atoms with Crippen molar-refractivity contribution in [1.29, 1.82) is 0 Å². The third kappa shape index (κ3) is 4.33. The second-order valence-corrected chi connectivity index (χ2v) is 8.66. The van der Waals surface area contributed by atoms with Gasteiger partial charge >= 0.3 is 0 Å². The molecule has 1 spiro atoms. The summed E-state index contributed by atoms with van der Waals surface area (Å²) in [6.07, 6.45) is 4.37. The fraction of sp³-hybridized carbons (Fsp3) is 0.545. The number of carbonyl (C=O) groups is 1. The standard InChI is InChI=1S/C22H28F2N4O2/c1-26-11-18(10-25-26)12-27-15-21(14-22(23,24)16-27)7-4-8-28(20(21)29)13-17-5-3-6-19(9-17)30-2/h3,5-6,9-11H,4,7-8,12-16H2,1-2H3/t21-/m0/s1. The van der Waals surface area contributed by atoms with E-state index in [1.54, 1.807) is 34.8 Å². The Morgan fingerprint density at radius 1 is 1.20 bits per heavy atom. The zero-order valence-corrected chi connectivity index (χ0v) is 17.5. The lowest BCUT2D eigenvalue weighted by Crippen LogP contribution is -2.60. The molecule has 0 N–H and O–H groups in total. The molecule has 0 radical (unpaired) electrons. The average molecular weight is 418 g/mol. The third-order valence-corrected chi connectivity index (χ3v) is 6.07. The highest BCUT2D eigenvalue weighted by Crippen LogP contribution is 2.45. The van der Waals surface area contributed by atoms with Crippen LogP contribution in [0.15, 0.2) is 36.7 Å². The summed E-state index contributed by atoms with van der Waals surface area (Å²) in [5, 5.41) is 4.13. The number of carbonyl (C=O) groups excluding carboxylic acids is 1. The maximum atomic E-state index is 14.8. The topological polar surface area (TPSA) is 50.6 Å². The van der Waals surface area contributed by atoms with Gasteiger partial charge in [-0.3, -0.25) is 14.4 Å². The number of amides is 1. The van der Waals surface area contributed by atoms with Gasteiger partial charge in [-0.1, -0.05) is 12.1 Å². The van der Waals surface area contributed by atoms with E-state index in [-0.39, 0.29) is 18.9 Å². The normalized spacial score (nSPS) is 24.4. The van der Waals surface area contributed by atoms with Crippen molar-refractivity contribution in [1.82, 2.24) is 19.6 Å². The SMILES string of the molecule is COc1cccc(CN2CCC[C@]3(CN(Cc4cnn(C)c4)CC(F)(F)C3)C2=O)c1. The molecule has 2 fully saturated rings. The molecule has 0 saturated carbocycles. The van der Waals surface area contributed by atoms with Crippen LogP contribution >= 0.6 is 0 Å². The number of likely N-dealkylation sites (tertiary alicyclic amines) is 2. The van der Waals surface area contributed by atoms with E-state index in [4.69, 9.17) is 4.74 Å². The van der Waals surface area contributed by atoms with Crippen molar-refractivity contribution in [3.05, 3.63) is 47.8 Å². The van der Waals surface area contributed by atoms with Crippen molar-refractivity contribution in [2.24, 2.45) is 12.5 Å². The number of piperidine rings is 2. The summed E-state index contributed by atoms with van der Waals surface area (Å²) >= 11 is 0. The largest absolute Gasteiger partial charge is 0.497 e. The minimum Gasteiger partial charge on any atom is -0.497 e. The van der Waals surface area contributed by atoms with Gasteiger partial charge in [0.25, 0.3) is 5.92 Å². The van der Waals surface area contributed by atoms with Crippen molar-refractivity contribution in [3.63, 3.8) is 0 Å². The summed E-state index contributed by atoms with van der Waals surface area (Å²) in [6, 6.07) is 7.55. The lowest BCUT2D eigenvalue weighted by atomic mass is 9.71. The molecule has 1 aromatic carbocycles. The first-order valence-electron chi connectivity index (χ1n) is 10.3. The molecule has 30 heavy (non-hydrogen) atoms. The van der Waals surface area contributed by atoms with Gasteiger partial charge in [0, 0.05) is 51.4 Å². The molecule has 1 aromatic heterocycles. The van der Waals surface area contributed by atoms with Gasteiger partial charge in [-0.25, -0.2) is 8.78 Å². The average Bonchev–Trinajstić information content (AvgIpc) is 3.09. The first kappa shape index (κ1) is 20.8. The molecule has 1 amide bonds. The summed E-state index contributed by atoms with van der Waals surface area (Å²) in [5.41, 5.74) is 0.775. The van der Waals surface area contributed by atoms with Crippen LogP contribution in [-0.2, 0) is 24.9 Å². The summed E-state index contributed by atoms with van der Waals surface area (Å²) in [5.74, 6) is -2.33. The first-order valence-corrected chi connectivity index (χ1v) is 10.3. The number of ether oxygens (including phenoxy) is 1. The summed E-state index contributed by atoms with van der Waals surface area (Å²) < 4.78 is 36.5. The number of hydrogen-bond acceptors (Lipinski definition) is 4. The molecule has 3 heterocycles. The molecular formula is C22H28F2N4O2. The van der Waals surface area contributed by atoms with E-state index in [1.807, 2.05) is 30.5 Å². The van der Waals surface area contributed by atoms with Crippen LogP contribution in [0.4, 0.5) is 8.78 Å². The molecule has 4 rings (SSSR count). The quantitative estimate of drug-likeness (QED) is 0.749. The van der Waals surface area contributed by atoms with E-state index < -0.39 is 11.3 Å². The zero-order valence-electron chi connectivity index (χ0n) is 17.5. The fourth-order valence-electron chi connectivity index (χ4n) is 4.95. The van der Waals surface area contributed by atoms with Crippen LogP contribution in [0.1, 0.15) is 30.4 Å². The maximum Gasteiger partial charge on any atom is 0.261 e. The number of methoxy groups -OCH3 is 1. The van der Waals surface area contributed by atoms with Crippen molar-refractivity contribution in [2.45, 2.75) is 38.3 Å². The Morgan fingerprint density at radius 3 is 2.77 bits per heavy atom. The van der Waals surface area contributed by atoms with Crippen LogP contribution in [0.5, 0.6) is 5.75 Å². The Labute approximate surface area is 175 Å². The maximum absolute atomic E-state index is 14.8. The van der Waals surface area contributed by atoms with E-state index >= 15 is 0 Å². The number of aromatic nitrogens is 2. The second-order valence-electron chi connectivity index (χ2n) is 8.66. The molecule has 8 heteroatoms. The van der Waals surface area contributed by atoms with E-state index in [1.165, 1.54) is 0 Å². The van der Waals surface area contributed by atoms with Crippen LogP contribution in [-0.4, -0.2) is 58.2 Å². The third-order valence-electron chi connectivity index (χ3n) is 6.07. The Kier molecular flexibility index (Phi) is 5.53. The lowest BCUT2D eigenvalue weighted by Gasteiger charge is -2.49. The molecule has 2 saturated heterocycles. The van der Waals surface area contributed by atoms with Crippen LogP contribution in [0.3, 0.4) is 0 Å². The molecule has 2 aliphatic rings. The number of hydrogen-bond donors (Lipinski definition) is 0. The van der Waals surface area contributed by atoms with E-state index in [0.717, 1.165) is 23.3 Å². The molecular weight excluding hydrogens is 390 g/mol. The van der Waals surface area contributed by atoms with Gasteiger partial charge in [0.2, 0.25) is 5.91 Å².